The lowest BCUT2D eigenvalue weighted by molar-refractivity contribution is -0.135. The number of nitrogens with one attached hydrogen (secondary N) is 2. The molecule has 2 aliphatic rings. The lowest BCUT2D eigenvalue weighted by atomic mass is 10.0. The van der Waals surface area contributed by atoms with Gasteiger partial charge >= 0.3 is 0 Å². The molecule has 0 aliphatic carbocycles. The van der Waals surface area contributed by atoms with Gasteiger partial charge in [-0.15, -0.1) is 12.4 Å². The first-order chi connectivity index (χ1) is 9.75. The Hall–Kier alpha value is -1.60. The zero-order chi connectivity index (χ0) is 13.9. The fourth-order valence-corrected chi connectivity index (χ4v) is 2.95. The lowest BCUT2D eigenvalue weighted by Gasteiger charge is -2.41. The van der Waals surface area contributed by atoms with Crippen molar-refractivity contribution in [3.63, 3.8) is 0 Å². The van der Waals surface area contributed by atoms with Gasteiger partial charge in [0.1, 0.15) is 5.69 Å². The van der Waals surface area contributed by atoms with Crippen LogP contribution >= 0.6 is 12.4 Å². The SMILES string of the molecule is Cl.O=C(c1ccn[nH]1)N1CCCC(N2CCNCC2=O)C1. The monoisotopic (exact) mass is 313 g/mol. The van der Waals surface area contributed by atoms with E-state index in [2.05, 4.69) is 15.5 Å². The van der Waals surface area contributed by atoms with Crippen LogP contribution in [0.3, 0.4) is 0 Å². The second kappa shape index (κ2) is 6.91. The van der Waals surface area contributed by atoms with Gasteiger partial charge in [0, 0.05) is 38.4 Å². The standard InChI is InChI=1S/C13H19N5O2.ClH/c19-12-8-14-5-7-18(12)10-2-1-6-17(9-10)13(20)11-3-4-15-16-11;/h3-4,10,14H,1-2,5-9H2,(H,15,16);1H. The number of amides is 2. The van der Waals surface area contributed by atoms with Gasteiger partial charge in [-0.25, -0.2) is 0 Å². The summed E-state index contributed by atoms with van der Waals surface area (Å²) < 4.78 is 0. The van der Waals surface area contributed by atoms with Crippen LogP contribution in [0.1, 0.15) is 23.3 Å². The van der Waals surface area contributed by atoms with Crippen LogP contribution in [0.25, 0.3) is 0 Å². The molecule has 2 N–H and O–H groups in total. The molecule has 2 fully saturated rings. The largest absolute Gasteiger partial charge is 0.336 e. The number of piperidine rings is 1. The molecule has 116 valence electrons. The van der Waals surface area contributed by atoms with Crippen LogP contribution in [0.5, 0.6) is 0 Å². The number of nitrogens with zero attached hydrogens (tertiary/aromatic N) is 3. The smallest absolute Gasteiger partial charge is 0.271 e. The summed E-state index contributed by atoms with van der Waals surface area (Å²) in [6.45, 7) is 3.33. The number of likely N-dealkylation sites (tertiary alicyclic amines) is 1. The minimum Gasteiger partial charge on any atom is -0.336 e. The van der Waals surface area contributed by atoms with Crippen LogP contribution in [-0.4, -0.2) is 70.6 Å². The second-order valence-electron chi connectivity index (χ2n) is 5.28. The third-order valence-electron chi connectivity index (χ3n) is 3.98. The number of halogens is 1. The van der Waals surface area contributed by atoms with Crippen molar-refractivity contribution in [1.82, 2.24) is 25.3 Å². The van der Waals surface area contributed by atoms with Crippen molar-refractivity contribution >= 4 is 24.2 Å². The molecular weight excluding hydrogens is 294 g/mol. The highest BCUT2D eigenvalue weighted by atomic mass is 35.5. The first kappa shape index (κ1) is 15.8. The Morgan fingerprint density at radius 1 is 1.38 bits per heavy atom. The molecule has 0 radical (unpaired) electrons. The van der Waals surface area contributed by atoms with Crippen LogP contribution in [0.4, 0.5) is 0 Å². The first-order valence-electron chi connectivity index (χ1n) is 7.04. The Kier molecular flexibility index (Phi) is 5.19. The minimum absolute atomic E-state index is 0. The maximum Gasteiger partial charge on any atom is 0.271 e. The van der Waals surface area contributed by atoms with E-state index in [4.69, 9.17) is 0 Å². The lowest BCUT2D eigenvalue weighted by Crippen LogP contribution is -2.57. The van der Waals surface area contributed by atoms with Crippen LogP contribution in [-0.2, 0) is 4.79 Å². The molecule has 1 unspecified atom stereocenters. The van der Waals surface area contributed by atoms with Crippen molar-refractivity contribution in [2.75, 3.05) is 32.7 Å². The van der Waals surface area contributed by atoms with Gasteiger partial charge in [0.15, 0.2) is 0 Å². The minimum atomic E-state index is -0.0326. The summed E-state index contributed by atoms with van der Waals surface area (Å²) in [7, 11) is 0. The van der Waals surface area contributed by atoms with Gasteiger partial charge < -0.3 is 15.1 Å². The van der Waals surface area contributed by atoms with Crippen molar-refractivity contribution in [3.8, 4) is 0 Å². The number of rotatable bonds is 2. The number of piperazine rings is 1. The summed E-state index contributed by atoms with van der Waals surface area (Å²) in [5.41, 5.74) is 0.511. The molecule has 0 spiro atoms. The number of carbonyl (C=O) groups excluding carboxylic acids is 2. The Labute approximate surface area is 129 Å². The van der Waals surface area contributed by atoms with E-state index in [1.165, 1.54) is 0 Å². The van der Waals surface area contributed by atoms with Crippen LogP contribution in [0, 0.1) is 0 Å². The quantitative estimate of drug-likeness (QED) is 0.797. The predicted molar refractivity (Wildman–Crippen MR) is 79.3 cm³/mol. The zero-order valence-electron chi connectivity index (χ0n) is 11.7. The summed E-state index contributed by atoms with van der Waals surface area (Å²) in [5.74, 6) is 0.104. The van der Waals surface area contributed by atoms with E-state index >= 15 is 0 Å². The van der Waals surface area contributed by atoms with Gasteiger partial charge in [-0.2, -0.15) is 5.10 Å². The van der Waals surface area contributed by atoms with E-state index < -0.39 is 0 Å². The van der Waals surface area contributed by atoms with Crippen LogP contribution in [0.2, 0.25) is 0 Å². The van der Waals surface area contributed by atoms with Gasteiger partial charge in [-0.1, -0.05) is 0 Å². The molecular formula is C13H20ClN5O2. The van der Waals surface area contributed by atoms with Gasteiger partial charge in [0.05, 0.1) is 6.54 Å². The average Bonchev–Trinajstić information content (AvgIpc) is 3.01. The summed E-state index contributed by atoms with van der Waals surface area (Å²) in [5, 5.41) is 9.59. The molecule has 0 bridgehead atoms. The van der Waals surface area contributed by atoms with Gasteiger partial charge in [0.2, 0.25) is 5.91 Å². The molecule has 1 aromatic heterocycles. The molecule has 0 saturated carbocycles. The number of hydrogen-bond acceptors (Lipinski definition) is 4. The average molecular weight is 314 g/mol. The molecule has 21 heavy (non-hydrogen) atoms. The van der Waals surface area contributed by atoms with Crippen LogP contribution < -0.4 is 5.32 Å². The molecule has 2 saturated heterocycles. The Morgan fingerprint density at radius 3 is 2.95 bits per heavy atom. The Balaban J connectivity index is 0.00000161. The summed E-state index contributed by atoms with van der Waals surface area (Å²) >= 11 is 0. The molecule has 1 atom stereocenters. The molecule has 3 heterocycles. The fourth-order valence-electron chi connectivity index (χ4n) is 2.95. The number of H-pyrrole nitrogens is 1. The van der Waals surface area contributed by atoms with Crippen LogP contribution in [0.15, 0.2) is 12.3 Å². The number of aromatic amines is 1. The first-order valence-corrected chi connectivity index (χ1v) is 7.04. The van der Waals surface area contributed by atoms with Crippen molar-refractivity contribution in [3.05, 3.63) is 18.0 Å². The molecule has 2 amide bonds. The zero-order valence-corrected chi connectivity index (χ0v) is 12.6. The van der Waals surface area contributed by atoms with Gasteiger partial charge in [0.25, 0.3) is 5.91 Å². The number of carbonyl (C=O) groups is 2. The summed E-state index contributed by atoms with van der Waals surface area (Å²) in [4.78, 5) is 28.0. The van der Waals surface area contributed by atoms with E-state index in [9.17, 15) is 9.59 Å². The Morgan fingerprint density at radius 2 is 2.24 bits per heavy atom. The molecule has 0 aromatic carbocycles. The van der Waals surface area contributed by atoms with E-state index in [0.29, 0.717) is 18.8 Å². The van der Waals surface area contributed by atoms with Gasteiger partial charge in [-0.05, 0) is 18.9 Å². The Bertz CT molecular complexity index is 493. The molecule has 3 rings (SSSR count). The van der Waals surface area contributed by atoms with E-state index in [1.807, 2.05) is 9.80 Å². The topological polar surface area (TPSA) is 81.3 Å². The van der Waals surface area contributed by atoms with E-state index in [1.54, 1.807) is 12.3 Å². The maximum atomic E-state index is 12.3. The van der Waals surface area contributed by atoms with E-state index in [-0.39, 0.29) is 30.3 Å². The third kappa shape index (κ3) is 3.36. The third-order valence-corrected chi connectivity index (χ3v) is 3.98. The number of aromatic nitrogens is 2. The highest BCUT2D eigenvalue weighted by Gasteiger charge is 2.32. The fraction of sp³-hybridized carbons (Fsp3) is 0.615. The number of hydrogen-bond donors (Lipinski definition) is 2. The summed E-state index contributed by atoms with van der Waals surface area (Å²) in [6.07, 6.45) is 3.48. The highest BCUT2D eigenvalue weighted by Crippen LogP contribution is 2.18. The molecule has 8 heteroatoms. The normalized spacial score (nSPS) is 22.9. The second-order valence-corrected chi connectivity index (χ2v) is 5.28. The molecule has 2 aliphatic heterocycles. The van der Waals surface area contributed by atoms with Crippen molar-refractivity contribution < 1.29 is 9.59 Å². The highest BCUT2D eigenvalue weighted by molar-refractivity contribution is 5.92. The van der Waals surface area contributed by atoms with Gasteiger partial charge in [-0.3, -0.25) is 14.7 Å². The summed E-state index contributed by atoms with van der Waals surface area (Å²) in [6, 6.07) is 1.83. The van der Waals surface area contributed by atoms with Crippen molar-refractivity contribution in [2.45, 2.75) is 18.9 Å². The predicted octanol–water partition coefficient (Wildman–Crippen LogP) is -0.132. The van der Waals surface area contributed by atoms with E-state index in [0.717, 1.165) is 32.5 Å². The maximum absolute atomic E-state index is 12.3. The van der Waals surface area contributed by atoms with Crippen molar-refractivity contribution in [2.24, 2.45) is 0 Å². The molecule has 1 aromatic rings. The van der Waals surface area contributed by atoms with Crippen molar-refractivity contribution in [1.29, 1.82) is 0 Å². The molecule has 7 nitrogen and oxygen atoms in total.